The Morgan fingerprint density at radius 1 is 1.07 bits per heavy atom. The summed E-state index contributed by atoms with van der Waals surface area (Å²) in [6, 6.07) is 7.11. The van der Waals surface area contributed by atoms with Gasteiger partial charge in [0.05, 0.1) is 5.69 Å². The van der Waals surface area contributed by atoms with Crippen LogP contribution in [-0.4, -0.2) is 56.6 Å². The van der Waals surface area contributed by atoms with Crippen LogP contribution in [-0.2, 0) is 9.53 Å². The van der Waals surface area contributed by atoms with Crippen molar-refractivity contribution in [1.29, 1.82) is 0 Å². The first-order valence-corrected chi connectivity index (χ1v) is 11.8. The maximum atomic E-state index is 14.0. The van der Waals surface area contributed by atoms with Crippen molar-refractivity contribution in [3.8, 4) is 0 Å². The molecule has 1 aromatic carbocycles. The first kappa shape index (κ1) is 23.2. The maximum absolute atomic E-state index is 14.0. The SMILES string of the molecule is COC(C)C(=O)CCC[C@H]1CC[C@H](CCN2CCN(c3ccccc3F)CC2)CC1. The minimum absolute atomic E-state index is 0.111. The Kier molecular flexibility index (Phi) is 9.13. The Morgan fingerprint density at radius 2 is 1.70 bits per heavy atom. The number of benzene rings is 1. The number of ether oxygens (including phenoxy) is 1. The molecule has 1 saturated carbocycles. The second kappa shape index (κ2) is 11.8. The molecule has 0 amide bonds. The number of nitrogens with zero attached hydrogens (tertiary/aromatic N) is 2. The van der Waals surface area contributed by atoms with Gasteiger partial charge in [-0.25, -0.2) is 4.39 Å². The van der Waals surface area contributed by atoms with Crippen molar-refractivity contribution in [3.63, 3.8) is 0 Å². The zero-order valence-electron chi connectivity index (χ0n) is 18.8. The van der Waals surface area contributed by atoms with Crippen LogP contribution in [0, 0.1) is 17.7 Å². The van der Waals surface area contributed by atoms with Gasteiger partial charge in [-0.15, -0.1) is 0 Å². The molecule has 1 atom stereocenters. The number of carbonyl (C=O) groups is 1. The van der Waals surface area contributed by atoms with Crippen LogP contribution in [0.3, 0.4) is 0 Å². The summed E-state index contributed by atoms with van der Waals surface area (Å²) < 4.78 is 19.1. The van der Waals surface area contributed by atoms with E-state index in [0.29, 0.717) is 6.42 Å². The molecule has 3 rings (SSSR count). The zero-order chi connectivity index (χ0) is 21.3. The van der Waals surface area contributed by atoms with Crippen molar-refractivity contribution in [2.24, 2.45) is 11.8 Å². The third-order valence-corrected chi connectivity index (χ3v) is 7.23. The zero-order valence-corrected chi connectivity index (χ0v) is 18.8. The Balaban J connectivity index is 1.28. The van der Waals surface area contributed by atoms with Gasteiger partial charge >= 0.3 is 0 Å². The number of piperazine rings is 1. The van der Waals surface area contributed by atoms with Crippen LogP contribution in [0.15, 0.2) is 24.3 Å². The number of rotatable bonds is 10. The average molecular weight is 419 g/mol. The number of para-hydroxylation sites is 1. The number of methoxy groups -OCH3 is 1. The lowest BCUT2D eigenvalue weighted by Gasteiger charge is -2.37. The molecule has 1 aromatic rings. The highest BCUT2D eigenvalue weighted by Gasteiger charge is 2.24. The molecule has 0 radical (unpaired) electrons. The fourth-order valence-electron chi connectivity index (χ4n) is 4.99. The molecule has 0 spiro atoms. The van der Waals surface area contributed by atoms with Gasteiger partial charge in [-0.2, -0.15) is 0 Å². The third-order valence-electron chi connectivity index (χ3n) is 7.23. The topological polar surface area (TPSA) is 32.8 Å². The van der Waals surface area contributed by atoms with Crippen LogP contribution in [0.25, 0.3) is 0 Å². The highest BCUT2D eigenvalue weighted by atomic mass is 19.1. The predicted octanol–water partition coefficient (Wildman–Crippen LogP) is 4.92. The number of halogens is 1. The molecule has 2 fully saturated rings. The quantitative estimate of drug-likeness (QED) is 0.540. The van der Waals surface area contributed by atoms with E-state index in [-0.39, 0.29) is 17.7 Å². The normalized spacial score (nSPS) is 24.0. The van der Waals surface area contributed by atoms with Gasteiger partial charge < -0.3 is 9.64 Å². The van der Waals surface area contributed by atoms with E-state index in [1.807, 2.05) is 19.1 Å². The summed E-state index contributed by atoms with van der Waals surface area (Å²) >= 11 is 0. The van der Waals surface area contributed by atoms with Crippen molar-refractivity contribution in [2.75, 3.05) is 44.7 Å². The maximum Gasteiger partial charge on any atom is 0.161 e. The summed E-state index contributed by atoms with van der Waals surface area (Å²) in [5, 5.41) is 0. The van der Waals surface area contributed by atoms with Crippen LogP contribution in [0.2, 0.25) is 0 Å². The van der Waals surface area contributed by atoms with Crippen molar-refractivity contribution >= 4 is 11.5 Å². The highest BCUT2D eigenvalue weighted by molar-refractivity contribution is 5.82. The van der Waals surface area contributed by atoms with Gasteiger partial charge in [-0.3, -0.25) is 9.69 Å². The van der Waals surface area contributed by atoms with E-state index in [9.17, 15) is 9.18 Å². The van der Waals surface area contributed by atoms with E-state index in [1.54, 1.807) is 19.2 Å². The fourth-order valence-corrected chi connectivity index (χ4v) is 4.99. The Hall–Kier alpha value is -1.46. The number of ketones is 1. The molecule has 4 nitrogen and oxygen atoms in total. The first-order chi connectivity index (χ1) is 14.6. The molecule has 0 aromatic heterocycles. The summed E-state index contributed by atoms with van der Waals surface area (Å²) in [5.74, 6) is 1.78. The van der Waals surface area contributed by atoms with Gasteiger partial charge in [0, 0.05) is 39.7 Å². The van der Waals surface area contributed by atoms with Crippen molar-refractivity contribution < 1.29 is 13.9 Å². The van der Waals surface area contributed by atoms with Gasteiger partial charge in [0.25, 0.3) is 0 Å². The smallest absolute Gasteiger partial charge is 0.161 e. The lowest BCUT2D eigenvalue weighted by atomic mass is 9.78. The Bertz CT molecular complexity index is 652. The highest BCUT2D eigenvalue weighted by Crippen LogP contribution is 2.34. The molecule has 0 bridgehead atoms. The minimum Gasteiger partial charge on any atom is -0.374 e. The molecule has 2 aliphatic rings. The van der Waals surface area contributed by atoms with Crippen molar-refractivity contribution in [3.05, 3.63) is 30.1 Å². The molecule has 168 valence electrons. The summed E-state index contributed by atoms with van der Waals surface area (Å²) in [6.45, 7) is 6.88. The molecule has 5 heteroatoms. The molecule has 0 N–H and O–H groups in total. The number of Topliss-reactive ketones (excluding diaryl/α,β-unsaturated/α-hetero) is 1. The summed E-state index contributed by atoms with van der Waals surface area (Å²) in [5.41, 5.74) is 0.744. The van der Waals surface area contributed by atoms with Crippen molar-refractivity contribution in [1.82, 2.24) is 4.90 Å². The molecular formula is C25H39FN2O2. The summed E-state index contributed by atoms with van der Waals surface area (Å²) in [7, 11) is 1.60. The predicted molar refractivity (Wildman–Crippen MR) is 120 cm³/mol. The number of anilines is 1. The van der Waals surface area contributed by atoms with Gasteiger partial charge in [0.15, 0.2) is 5.78 Å². The van der Waals surface area contributed by atoms with Crippen LogP contribution in [0.1, 0.15) is 58.3 Å². The van der Waals surface area contributed by atoms with Crippen LogP contribution >= 0.6 is 0 Å². The van der Waals surface area contributed by atoms with E-state index >= 15 is 0 Å². The van der Waals surface area contributed by atoms with E-state index in [0.717, 1.165) is 50.1 Å². The fraction of sp³-hybridized carbons (Fsp3) is 0.720. The van der Waals surface area contributed by atoms with Gasteiger partial charge in [0.2, 0.25) is 0 Å². The molecule has 1 unspecified atom stereocenters. The summed E-state index contributed by atoms with van der Waals surface area (Å²) in [6.07, 6.45) is 9.20. The van der Waals surface area contributed by atoms with Crippen molar-refractivity contribution in [2.45, 2.75) is 64.4 Å². The number of hydrogen-bond donors (Lipinski definition) is 0. The van der Waals surface area contributed by atoms with Crippen LogP contribution in [0.5, 0.6) is 0 Å². The average Bonchev–Trinajstić information content (AvgIpc) is 2.78. The first-order valence-electron chi connectivity index (χ1n) is 11.8. The minimum atomic E-state index is -0.255. The van der Waals surface area contributed by atoms with Crippen LogP contribution in [0.4, 0.5) is 10.1 Å². The molecule has 1 heterocycles. The molecule has 1 saturated heterocycles. The lowest BCUT2D eigenvalue weighted by Crippen LogP contribution is -2.47. The molecule has 30 heavy (non-hydrogen) atoms. The number of hydrogen-bond acceptors (Lipinski definition) is 4. The lowest BCUT2D eigenvalue weighted by molar-refractivity contribution is -0.128. The van der Waals surface area contributed by atoms with Gasteiger partial charge in [-0.1, -0.05) is 44.2 Å². The van der Waals surface area contributed by atoms with E-state index < -0.39 is 0 Å². The van der Waals surface area contributed by atoms with Gasteiger partial charge in [0.1, 0.15) is 11.9 Å². The van der Waals surface area contributed by atoms with E-state index in [4.69, 9.17) is 4.74 Å². The van der Waals surface area contributed by atoms with Crippen LogP contribution < -0.4 is 4.90 Å². The number of carbonyl (C=O) groups excluding carboxylic acids is 1. The third kappa shape index (κ3) is 6.78. The molecular weight excluding hydrogens is 379 g/mol. The Morgan fingerprint density at radius 3 is 2.33 bits per heavy atom. The van der Waals surface area contributed by atoms with E-state index in [1.165, 1.54) is 45.1 Å². The summed E-state index contributed by atoms with van der Waals surface area (Å²) in [4.78, 5) is 16.6. The monoisotopic (exact) mass is 418 g/mol. The Labute approximate surface area is 181 Å². The molecule has 1 aliphatic carbocycles. The standard InChI is InChI=1S/C25H39FN2O2/c1-20(30-2)25(29)9-5-6-21-10-12-22(13-11-21)14-15-27-16-18-28(19-17-27)24-8-4-3-7-23(24)26/h3-4,7-8,20-22H,5-6,9-19H2,1-2H3/t20?,21-,22-. The largest absolute Gasteiger partial charge is 0.374 e. The molecule has 1 aliphatic heterocycles. The van der Waals surface area contributed by atoms with Gasteiger partial charge in [-0.05, 0) is 50.3 Å². The second-order valence-electron chi connectivity index (χ2n) is 9.19. The van der Waals surface area contributed by atoms with E-state index in [2.05, 4.69) is 9.80 Å². The second-order valence-corrected chi connectivity index (χ2v) is 9.19.